The first-order chi connectivity index (χ1) is 11.2. The van der Waals surface area contributed by atoms with Crippen LogP contribution in [0.2, 0.25) is 0 Å². The maximum atomic E-state index is 12.0. The Morgan fingerprint density at radius 1 is 0.957 bits per heavy atom. The van der Waals surface area contributed by atoms with Crippen LogP contribution in [0.5, 0.6) is 0 Å². The van der Waals surface area contributed by atoms with Crippen LogP contribution < -0.4 is 11.1 Å². The number of carbonyl (C=O) groups excluding carboxylic acids is 2. The highest BCUT2D eigenvalue weighted by molar-refractivity contribution is 6.06. The lowest BCUT2D eigenvalue weighted by Gasteiger charge is -2.09. The van der Waals surface area contributed by atoms with Gasteiger partial charge in [-0.1, -0.05) is 12.1 Å². The monoisotopic (exact) mass is 324 g/mol. The van der Waals surface area contributed by atoms with Crippen LogP contribution in [0.25, 0.3) is 0 Å². The minimum Gasteiger partial charge on any atom is -0.379 e. The zero-order valence-corrected chi connectivity index (χ0v) is 13.4. The van der Waals surface area contributed by atoms with Crippen molar-refractivity contribution in [2.24, 2.45) is 5.73 Å². The second kappa shape index (κ2) is 11.6. The number of hydrogen-bond donors (Lipinski definition) is 2. The van der Waals surface area contributed by atoms with Crippen LogP contribution in [-0.4, -0.2) is 58.0 Å². The predicted octanol–water partition coefficient (Wildman–Crippen LogP) is 0.585. The average Bonchev–Trinajstić information content (AvgIpc) is 2.56. The Morgan fingerprint density at radius 3 is 2.13 bits per heavy atom. The minimum atomic E-state index is -0.629. The van der Waals surface area contributed by atoms with Crippen molar-refractivity contribution < 1.29 is 23.8 Å². The maximum Gasteiger partial charge on any atom is 0.252 e. The largest absolute Gasteiger partial charge is 0.379 e. The summed E-state index contributed by atoms with van der Waals surface area (Å²) in [6, 6.07) is 6.42. The van der Waals surface area contributed by atoms with Crippen molar-refractivity contribution in [3.8, 4) is 0 Å². The Balaban J connectivity index is 2.14. The second-order valence-corrected chi connectivity index (χ2v) is 4.59. The fourth-order valence-electron chi connectivity index (χ4n) is 1.81. The van der Waals surface area contributed by atoms with Crippen molar-refractivity contribution >= 4 is 11.8 Å². The Bertz CT molecular complexity index is 493. The van der Waals surface area contributed by atoms with Crippen LogP contribution in [0.3, 0.4) is 0 Å². The summed E-state index contributed by atoms with van der Waals surface area (Å²) in [5.74, 6) is -0.979. The molecule has 1 rings (SSSR count). The van der Waals surface area contributed by atoms with E-state index in [9.17, 15) is 9.59 Å². The molecule has 0 radical (unpaired) electrons. The van der Waals surface area contributed by atoms with Crippen LogP contribution in [-0.2, 0) is 14.2 Å². The van der Waals surface area contributed by atoms with E-state index in [-0.39, 0.29) is 17.0 Å². The summed E-state index contributed by atoms with van der Waals surface area (Å²) in [5.41, 5.74) is 5.70. The summed E-state index contributed by atoms with van der Waals surface area (Å²) in [6.45, 7) is 5.34. The molecule has 0 unspecified atom stereocenters. The number of hydrogen-bond acceptors (Lipinski definition) is 5. The lowest BCUT2D eigenvalue weighted by molar-refractivity contribution is 0.0175. The first kappa shape index (κ1) is 19.1. The lowest BCUT2D eigenvalue weighted by atomic mass is 10.1. The number of carbonyl (C=O) groups is 2. The van der Waals surface area contributed by atoms with E-state index in [2.05, 4.69) is 5.32 Å². The molecular weight excluding hydrogens is 300 g/mol. The van der Waals surface area contributed by atoms with Gasteiger partial charge < -0.3 is 25.3 Å². The summed E-state index contributed by atoms with van der Waals surface area (Å²) < 4.78 is 15.7. The third-order valence-electron chi connectivity index (χ3n) is 2.92. The molecule has 3 N–H and O–H groups in total. The molecule has 1 aromatic rings. The number of rotatable bonds is 12. The van der Waals surface area contributed by atoms with E-state index in [4.69, 9.17) is 19.9 Å². The zero-order chi connectivity index (χ0) is 16.9. The first-order valence-corrected chi connectivity index (χ1v) is 7.57. The maximum absolute atomic E-state index is 12.0. The fraction of sp³-hybridized carbons (Fsp3) is 0.500. The molecule has 128 valence electrons. The number of amides is 2. The Hall–Kier alpha value is -1.96. The highest BCUT2D eigenvalue weighted by Gasteiger charge is 2.13. The summed E-state index contributed by atoms with van der Waals surface area (Å²) in [7, 11) is 0. The SMILES string of the molecule is CCOCCOCCOCCNC(=O)c1ccccc1C(N)=O. The fourth-order valence-corrected chi connectivity index (χ4v) is 1.81. The summed E-state index contributed by atoms with van der Waals surface area (Å²) in [5, 5.41) is 2.68. The molecule has 0 saturated heterocycles. The van der Waals surface area contributed by atoms with Gasteiger partial charge in [0.1, 0.15) is 0 Å². The van der Waals surface area contributed by atoms with E-state index in [0.717, 1.165) is 0 Å². The van der Waals surface area contributed by atoms with E-state index in [1.807, 2.05) is 6.92 Å². The van der Waals surface area contributed by atoms with Gasteiger partial charge in [-0.25, -0.2) is 0 Å². The molecule has 7 heteroatoms. The van der Waals surface area contributed by atoms with Crippen LogP contribution in [0.4, 0.5) is 0 Å². The molecule has 2 amide bonds. The van der Waals surface area contributed by atoms with Crippen molar-refractivity contribution in [3.05, 3.63) is 35.4 Å². The molecule has 7 nitrogen and oxygen atoms in total. The van der Waals surface area contributed by atoms with Gasteiger partial charge in [0.25, 0.3) is 5.91 Å². The van der Waals surface area contributed by atoms with E-state index < -0.39 is 5.91 Å². The van der Waals surface area contributed by atoms with Crippen molar-refractivity contribution in [1.82, 2.24) is 5.32 Å². The van der Waals surface area contributed by atoms with Gasteiger partial charge in [-0.3, -0.25) is 9.59 Å². The first-order valence-electron chi connectivity index (χ1n) is 7.57. The molecule has 0 bridgehead atoms. The molecule has 0 saturated carbocycles. The standard InChI is InChI=1S/C16H24N2O5/c1-2-21-9-10-23-12-11-22-8-7-18-16(20)14-6-4-3-5-13(14)15(17)19/h3-6H,2,7-12H2,1H3,(H2,17,19)(H,18,20). The molecule has 23 heavy (non-hydrogen) atoms. The highest BCUT2D eigenvalue weighted by atomic mass is 16.5. The number of primary amides is 1. The quantitative estimate of drug-likeness (QED) is 0.548. The minimum absolute atomic E-state index is 0.202. The van der Waals surface area contributed by atoms with Crippen molar-refractivity contribution in [2.45, 2.75) is 6.92 Å². The third-order valence-corrected chi connectivity index (χ3v) is 2.92. The predicted molar refractivity (Wildman–Crippen MR) is 85.4 cm³/mol. The van der Waals surface area contributed by atoms with Crippen LogP contribution in [0.15, 0.2) is 24.3 Å². The molecule has 0 aromatic heterocycles. The van der Waals surface area contributed by atoms with Gasteiger partial charge in [-0.2, -0.15) is 0 Å². The summed E-state index contributed by atoms with van der Waals surface area (Å²) >= 11 is 0. The van der Waals surface area contributed by atoms with E-state index in [0.29, 0.717) is 46.2 Å². The topological polar surface area (TPSA) is 99.9 Å². The number of nitrogens with two attached hydrogens (primary N) is 1. The lowest BCUT2D eigenvalue weighted by Crippen LogP contribution is -2.29. The summed E-state index contributed by atoms with van der Waals surface area (Å²) in [6.07, 6.45) is 0. The van der Waals surface area contributed by atoms with Gasteiger partial charge in [0.05, 0.1) is 44.2 Å². The summed E-state index contributed by atoms with van der Waals surface area (Å²) in [4.78, 5) is 23.3. The van der Waals surface area contributed by atoms with Crippen molar-refractivity contribution in [3.63, 3.8) is 0 Å². The van der Waals surface area contributed by atoms with Gasteiger partial charge in [-0.15, -0.1) is 0 Å². The average molecular weight is 324 g/mol. The van der Waals surface area contributed by atoms with Crippen LogP contribution >= 0.6 is 0 Å². The number of benzene rings is 1. The third kappa shape index (κ3) is 7.73. The van der Waals surface area contributed by atoms with E-state index in [1.54, 1.807) is 18.2 Å². The highest BCUT2D eigenvalue weighted by Crippen LogP contribution is 2.07. The van der Waals surface area contributed by atoms with Crippen molar-refractivity contribution in [2.75, 3.05) is 46.2 Å². The molecule has 0 spiro atoms. The number of nitrogens with one attached hydrogen (secondary N) is 1. The van der Waals surface area contributed by atoms with E-state index in [1.165, 1.54) is 6.07 Å². The van der Waals surface area contributed by atoms with E-state index >= 15 is 0 Å². The normalized spacial score (nSPS) is 10.5. The Kier molecular flexibility index (Phi) is 9.62. The smallest absolute Gasteiger partial charge is 0.252 e. The zero-order valence-electron chi connectivity index (χ0n) is 13.4. The molecule has 0 atom stereocenters. The number of ether oxygens (including phenoxy) is 3. The van der Waals surface area contributed by atoms with Gasteiger partial charge in [0.15, 0.2) is 0 Å². The molecule has 0 aliphatic rings. The van der Waals surface area contributed by atoms with Crippen molar-refractivity contribution in [1.29, 1.82) is 0 Å². The van der Waals surface area contributed by atoms with Gasteiger partial charge in [0, 0.05) is 13.2 Å². The molecule has 0 fully saturated rings. The van der Waals surface area contributed by atoms with Gasteiger partial charge in [0.2, 0.25) is 5.91 Å². The second-order valence-electron chi connectivity index (χ2n) is 4.59. The molecule has 0 heterocycles. The van der Waals surface area contributed by atoms with Gasteiger partial charge >= 0.3 is 0 Å². The Morgan fingerprint density at radius 2 is 1.52 bits per heavy atom. The molecule has 0 aliphatic carbocycles. The van der Waals surface area contributed by atoms with Crippen LogP contribution in [0.1, 0.15) is 27.6 Å². The molecule has 1 aromatic carbocycles. The van der Waals surface area contributed by atoms with Crippen LogP contribution in [0, 0.1) is 0 Å². The van der Waals surface area contributed by atoms with Gasteiger partial charge in [-0.05, 0) is 19.1 Å². The molecule has 0 aliphatic heterocycles. The Labute approximate surface area is 136 Å². The molecular formula is C16H24N2O5.